The molecule has 1 aliphatic heterocycles. The summed E-state index contributed by atoms with van der Waals surface area (Å²) in [4.78, 5) is 4.11. The highest BCUT2D eigenvalue weighted by Crippen LogP contribution is 2.45. The molecule has 4 nitrogen and oxygen atoms in total. The van der Waals surface area contributed by atoms with Gasteiger partial charge in [-0.15, -0.1) is 0 Å². The topological polar surface area (TPSA) is 57.4 Å². The SMILES string of the molecule is CC(C)CC(C)(N)COc1cc2c(cc1Cl)-c1c(Cl)cncc1CO2. The van der Waals surface area contributed by atoms with E-state index >= 15 is 0 Å². The van der Waals surface area contributed by atoms with Gasteiger partial charge in [-0.1, -0.05) is 37.0 Å². The highest BCUT2D eigenvalue weighted by molar-refractivity contribution is 6.34. The molecule has 2 N–H and O–H groups in total. The van der Waals surface area contributed by atoms with Gasteiger partial charge in [-0.2, -0.15) is 0 Å². The van der Waals surface area contributed by atoms with Gasteiger partial charge < -0.3 is 15.2 Å². The fourth-order valence-corrected chi connectivity index (χ4v) is 3.73. The number of nitrogens with two attached hydrogens (primary N) is 1. The van der Waals surface area contributed by atoms with Crippen molar-refractivity contribution in [3.8, 4) is 22.6 Å². The molecule has 0 radical (unpaired) electrons. The largest absolute Gasteiger partial charge is 0.490 e. The van der Waals surface area contributed by atoms with E-state index in [2.05, 4.69) is 18.8 Å². The monoisotopic (exact) mass is 380 g/mol. The molecule has 0 amide bonds. The zero-order valence-electron chi connectivity index (χ0n) is 14.6. The van der Waals surface area contributed by atoms with Gasteiger partial charge in [0.2, 0.25) is 0 Å². The summed E-state index contributed by atoms with van der Waals surface area (Å²) in [7, 11) is 0. The minimum Gasteiger partial charge on any atom is -0.490 e. The van der Waals surface area contributed by atoms with Gasteiger partial charge in [0.05, 0.1) is 10.0 Å². The van der Waals surface area contributed by atoms with Crippen LogP contribution in [0.3, 0.4) is 0 Å². The molecule has 1 aromatic heterocycles. The number of pyridine rings is 1. The van der Waals surface area contributed by atoms with E-state index in [1.54, 1.807) is 12.4 Å². The number of hydrogen-bond acceptors (Lipinski definition) is 4. The highest BCUT2D eigenvalue weighted by Gasteiger charge is 2.25. The highest BCUT2D eigenvalue weighted by atomic mass is 35.5. The van der Waals surface area contributed by atoms with Crippen molar-refractivity contribution in [3.63, 3.8) is 0 Å². The molecule has 0 fully saturated rings. The zero-order chi connectivity index (χ0) is 18.2. The molecule has 2 heterocycles. The molecule has 1 unspecified atom stereocenters. The molecule has 2 aromatic rings. The van der Waals surface area contributed by atoms with Crippen LogP contribution in [0.15, 0.2) is 24.5 Å². The van der Waals surface area contributed by atoms with E-state index in [4.69, 9.17) is 38.4 Å². The van der Waals surface area contributed by atoms with Crippen LogP contribution in [-0.2, 0) is 6.61 Å². The lowest BCUT2D eigenvalue weighted by Gasteiger charge is -2.27. The lowest BCUT2D eigenvalue weighted by atomic mass is 9.93. The Kier molecular flexibility index (Phi) is 5.14. The van der Waals surface area contributed by atoms with Gasteiger partial charge in [0.1, 0.15) is 24.7 Å². The van der Waals surface area contributed by atoms with Crippen molar-refractivity contribution in [1.29, 1.82) is 0 Å². The van der Waals surface area contributed by atoms with Crippen LogP contribution in [0.5, 0.6) is 11.5 Å². The molecule has 134 valence electrons. The van der Waals surface area contributed by atoms with E-state index in [-0.39, 0.29) is 0 Å². The van der Waals surface area contributed by atoms with Gasteiger partial charge >= 0.3 is 0 Å². The lowest BCUT2D eigenvalue weighted by molar-refractivity contribution is 0.205. The van der Waals surface area contributed by atoms with Crippen molar-refractivity contribution >= 4 is 23.2 Å². The molecule has 0 saturated heterocycles. The molecule has 0 bridgehead atoms. The minimum absolute atomic E-state index is 0.380. The molecule has 0 spiro atoms. The quantitative estimate of drug-likeness (QED) is 0.784. The molecular formula is C19H22Cl2N2O2. The van der Waals surface area contributed by atoms with Crippen LogP contribution >= 0.6 is 23.2 Å². The predicted molar refractivity (Wildman–Crippen MR) is 102 cm³/mol. The number of fused-ring (bicyclic) bond motifs is 3. The Bertz CT molecular complexity index is 791. The Morgan fingerprint density at radius 1 is 1.28 bits per heavy atom. The molecule has 0 saturated carbocycles. The third kappa shape index (κ3) is 4.02. The first kappa shape index (κ1) is 18.3. The van der Waals surface area contributed by atoms with E-state index < -0.39 is 5.54 Å². The smallest absolute Gasteiger partial charge is 0.141 e. The second-order valence-corrected chi connectivity index (χ2v) is 8.08. The maximum Gasteiger partial charge on any atom is 0.141 e. The Balaban J connectivity index is 1.87. The van der Waals surface area contributed by atoms with Crippen LogP contribution in [0.1, 0.15) is 32.8 Å². The first-order valence-corrected chi connectivity index (χ1v) is 9.03. The lowest BCUT2D eigenvalue weighted by Crippen LogP contribution is -2.43. The summed E-state index contributed by atoms with van der Waals surface area (Å²) in [6.07, 6.45) is 4.25. The van der Waals surface area contributed by atoms with E-state index in [9.17, 15) is 0 Å². The maximum absolute atomic E-state index is 6.43. The second-order valence-electron chi connectivity index (χ2n) is 7.26. The molecule has 25 heavy (non-hydrogen) atoms. The van der Waals surface area contributed by atoms with E-state index in [0.29, 0.717) is 40.7 Å². The third-order valence-corrected chi connectivity index (χ3v) is 4.68. The molecule has 3 rings (SSSR count). The Morgan fingerprint density at radius 3 is 2.76 bits per heavy atom. The molecule has 1 atom stereocenters. The Morgan fingerprint density at radius 2 is 2.04 bits per heavy atom. The molecule has 1 aromatic carbocycles. The van der Waals surface area contributed by atoms with Crippen LogP contribution in [0.4, 0.5) is 0 Å². The predicted octanol–water partition coefficient (Wildman–Crippen LogP) is 5.09. The third-order valence-electron chi connectivity index (χ3n) is 4.10. The van der Waals surface area contributed by atoms with Gasteiger partial charge in [-0.3, -0.25) is 4.98 Å². The maximum atomic E-state index is 6.43. The number of rotatable bonds is 5. The van der Waals surface area contributed by atoms with Gasteiger partial charge in [0, 0.05) is 40.7 Å². The van der Waals surface area contributed by atoms with E-state index in [1.807, 2.05) is 19.1 Å². The average molecular weight is 381 g/mol. The van der Waals surface area contributed by atoms with Crippen molar-refractivity contribution in [3.05, 3.63) is 40.1 Å². The zero-order valence-corrected chi connectivity index (χ0v) is 16.1. The summed E-state index contributed by atoms with van der Waals surface area (Å²) in [5, 5.41) is 1.08. The Hall–Kier alpha value is -1.49. The first-order chi connectivity index (χ1) is 11.8. The fraction of sp³-hybridized carbons (Fsp3) is 0.421. The summed E-state index contributed by atoms with van der Waals surface area (Å²) >= 11 is 12.8. The normalized spacial score (nSPS) is 15.2. The second kappa shape index (κ2) is 7.02. The standard InChI is InChI=1S/C19H22Cl2N2O2/c1-11(2)6-19(3,22)10-25-17-5-16-13(4-14(17)20)18-12(9-24-16)7-23-8-15(18)21/h4-5,7-8,11H,6,9-10,22H2,1-3H3. The Labute approximate surface area is 158 Å². The van der Waals surface area contributed by atoms with Gasteiger partial charge in [-0.05, 0) is 25.3 Å². The van der Waals surface area contributed by atoms with E-state index in [0.717, 1.165) is 23.1 Å². The van der Waals surface area contributed by atoms with Crippen molar-refractivity contribution in [2.75, 3.05) is 6.61 Å². The summed E-state index contributed by atoms with van der Waals surface area (Å²) in [5.74, 6) is 1.75. The van der Waals surface area contributed by atoms with Gasteiger partial charge in [-0.25, -0.2) is 0 Å². The fourth-order valence-electron chi connectivity index (χ4n) is 3.24. The number of hydrogen-bond donors (Lipinski definition) is 1. The van der Waals surface area contributed by atoms with Crippen LogP contribution in [0.2, 0.25) is 10.0 Å². The number of aromatic nitrogens is 1. The summed E-state index contributed by atoms with van der Waals surface area (Å²) in [5.41, 5.74) is 8.60. The van der Waals surface area contributed by atoms with Crippen LogP contribution in [-0.4, -0.2) is 17.1 Å². The van der Waals surface area contributed by atoms with E-state index in [1.165, 1.54) is 0 Å². The van der Waals surface area contributed by atoms with Crippen molar-refractivity contribution in [2.24, 2.45) is 11.7 Å². The number of ether oxygens (including phenoxy) is 2. The summed E-state index contributed by atoms with van der Waals surface area (Å²) in [6.45, 7) is 7.06. The number of benzene rings is 1. The van der Waals surface area contributed by atoms with Gasteiger partial charge in [0.25, 0.3) is 0 Å². The summed E-state index contributed by atoms with van der Waals surface area (Å²) in [6, 6.07) is 3.63. The average Bonchev–Trinajstić information content (AvgIpc) is 2.51. The van der Waals surface area contributed by atoms with Crippen LogP contribution < -0.4 is 15.2 Å². The van der Waals surface area contributed by atoms with Crippen molar-refractivity contribution < 1.29 is 9.47 Å². The minimum atomic E-state index is -0.421. The first-order valence-electron chi connectivity index (χ1n) is 8.27. The molecule has 0 aliphatic carbocycles. The molecule has 1 aliphatic rings. The van der Waals surface area contributed by atoms with Crippen molar-refractivity contribution in [2.45, 2.75) is 39.3 Å². The van der Waals surface area contributed by atoms with Crippen LogP contribution in [0.25, 0.3) is 11.1 Å². The number of halogens is 2. The van der Waals surface area contributed by atoms with Gasteiger partial charge in [0.15, 0.2) is 0 Å². The number of nitrogens with zero attached hydrogens (tertiary/aromatic N) is 1. The molecular weight excluding hydrogens is 359 g/mol. The molecule has 6 heteroatoms. The van der Waals surface area contributed by atoms with Crippen LogP contribution in [0, 0.1) is 5.92 Å². The van der Waals surface area contributed by atoms with Crippen molar-refractivity contribution in [1.82, 2.24) is 4.98 Å². The summed E-state index contributed by atoms with van der Waals surface area (Å²) < 4.78 is 11.7.